The van der Waals surface area contributed by atoms with Gasteiger partial charge in [-0.2, -0.15) is 0 Å². The predicted octanol–water partition coefficient (Wildman–Crippen LogP) is 1.42. The first-order valence-electron chi connectivity index (χ1n) is 6.33. The van der Waals surface area contributed by atoms with Crippen LogP contribution in [0.25, 0.3) is 0 Å². The average Bonchev–Trinajstić information content (AvgIpc) is 2.48. The molecule has 1 aromatic heterocycles. The van der Waals surface area contributed by atoms with Crippen LogP contribution in [0.5, 0.6) is 0 Å². The first kappa shape index (κ1) is 16.2. The van der Waals surface area contributed by atoms with Crippen molar-refractivity contribution in [3.8, 4) is 0 Å². The second-order valence-electron chi connectivity index (χ2n) is 4.21. The van der Waals surface area contributed by atoms with Crippen LogP contribution in [0.4, 0.5) is 4.79 Å². The smallest absolute Gasteiger partial charge is 0.409 e. The molecule has 0 unspecified atom stereocenters. The third-order valence-electron chi connectivity index (χ3n) is 3.02. The molecule has 0 N–H and O–H groups in total. The Hall–Kier alpha value is -1.82. The zero-order valence-electron chi connectivity index (χ0n) is 11.3. The Kier molecular flexibility index (Phi) is 6.24. The van der Waals surface area contributed by atoms with E-state index < -0.39 is 0 Å². The molecule has 1 fully saturated rings. The normalized spacial score (nSPS) is 14.4. The number of carbonyl (C=O) groups is 2. The quantitative estimate of drug-likeness (QED) is 0.828. The first-order valence-corrected chi connectivity index (χ1v) is 6.33. The van der Waals surface area contributed by atoms with E-state index in [-0.39, 0.29) is 24.4 Å². The second kappa shape index (κ2) is 7.69. The summed E-state index contributed by atoms with van der Waals surface area (Å²) in [6.45, 7) is 4.22. The van der Waals surface area contributed by atoms with Crippen LogP contribution in [-0.2, 0) is 4.74 Å². The Morgan fingerprint density at radius 1 is 1.15 bits per heavy atom. The summed E-state index contributed by atoms with van der Waals surface area (Å²) in [7, 11) is 0. The van der Waals surface area contributed by atoms with E-state index in [9.17, 15) is 9.59 Å². The maximum atomic E-state index is 12.2. The lowest BCUT2D eigenvalue weighted by molar-refractivity contribution is 0.0570. The fourth-order valence-corrected chi connectivity index (χ4v) is 1.98. The largest absolute Gasteiger partial charge is 0.450 e. The molecule has 0 spiro atoms. The lowest BCUT2D eigenvalue weighted by Gasteiger charge is -2.34. The molecule has 0 saturated carbocycles. The van der Waals surface area contributed by atoms with Gasteiger partial charge >= 0.3 is 6.09 Å². The van der Waals surface area contributed by atoms with Gasteiger partial charge < -0.3 is 14.5 Å². The molecule has 1 aliphatic rings. The minimum atomic E-state index is -0.307. The van der Waals surface area contributed by atoms with Gasteiger partial charge in [-0.05, 0) is 19.1 Å². The van der Waals surface area contributed by atoms with E-state index in [1.807, 2.05) is 0 Å². The number of pyridine rings is 1. The number of ether oxygens (including phenoxy) is 1. The van der Waals surface area contributed by atoms with E-state index >= 15 is 0 Å². The number of nitrogens with zero attached hydrogens (tertiary/aromatic N) is 3. The molecule has 0 aromatic carbocycles. The van der Waals surface area contributed by atoms with Gasteiger partial charge in [0.2, 0.25) is 0 Å². The van der Waals surface area contributed by atoms with Crippen LogP contribution in [0, 0.1) is 0 Å². The summed E-state index contributed by atoms with van der Waals surface area (Å²) in [4.78, 5) is 31.0. The summed E-state index contributed by atoms with van der Waals surface area (Å²) >= 11 is 0. The summed E-state index contributed by atoms with van der Waals surface area (Å²) in [5.41, 5.74) is 0.625. The van der Waals surface area contributed by atoms with Crippen LogP contribution >= 0.6 is 12.4 Å². The van der Waals surface area contributed by atoms with Crippen molar-refractivity contribution in [2.45, 2.75) is 6.92 Å². The first-order chi connectivity index (χ1) is 9.22. The highest BCUT2D eigenvalue weighted by Crippen LogP contribution is 2.08. The molecule has 0 atom stereocenters. The molecule has 2 amide bonds. The zero-order valence-corrected chi connectivity index (χ0v) is 12.1. The zero-order chi connectivity index (χ0) is 13.7. The van der Waals surface area contributed by atoms with Crippen molar-refractivity contribution < 1.29 is 14.3 Å². The average molecular weight is 300 g/mol. The number of aromatic nitrogens is 1. The highest BCUT2D eigenvalue weighted by Gasteiger charge is 2.25. The molecule has 0 radical (unpaired) electrons. The standard InChI is InChI=1S/C13H17N3O3.ClH/c1-2-19-13(18)16-9-7-15(8-10-16)12(17)11-3-5-14-6-4-11;/h3-6H,2,7-10H2,1H3;1H. The van der Waals surface area contributed by atoms with Crippen molar-refractivity contribution in [2.75, 3.05) is 32.8 Å². The molecule has 6 nitrogen and oxygen atoms in total. The van der Waals surface area contributed by atoms with E-state index in [1.54, 1.807) is 41.2 Å². The van der Waals surface area contributed by atoms with Crippen molar-refractivity contribution >= 4 is 24.4 Å². The molecule has 2 heterocycles. The molecule has 7 heteroatoms. The summed E-state index contributed by atoms with van der Waals surface area (Å²) < 4.78 is 4.94. The van der Waals surface area contributed by atoms with Gasteiger partial charge in [0.25, 0.3) is 5.91 Å². The maximum absolute atomic E-state index is 12.2. The predicted molar refractivity (Wildman–Crippen MR) is 76.0 cm³/mol. The van der Waals surface area contributed by atoms with Crippen molar-refractivity contribution in [1.82, 2.24) is 14.8 Å². The monoisotopic (exact) mass is 299 g/mol. The van der Waals surface area contributed by atoms with Crippen molar-refractivity contribution in [2.24, 2.45) is 0 Å². The molecule has 110 valence electrons. The summed E-state index contributed by atoms with van der Waals surface area (Å²) in [5, 5.41) is 0. The number of carbonyl (C=O) groups excluding carboxylic acids is 2. The lowest BCUT2D eigenvalue weighted by Crippen LogP contribution is -2.50. The Morgan fingerprint density at radius 3 is 2.25 bits per heavy atom. The number of piperazine rings is 1. The highest BCUT2D eigenvalue weighted by molar-refractivity contribution is 5.94. The Morgan fingerprint density at radius 2 is 1.70 bits per heavy atom. The Balaban J connectivity index is 0.00000200. The second-order valence-corrected chi connectivity index (χ2v) is 4.21. The van der Waals surface area contributed by atoms with Crippen molar-refractivity contribution in [1.29, 1.82) is 0 Å². The molecule has 1 aromatic rings. The number of amides is 2. The number of halogens is 1. The fraction of sp³-hybridized carbons (Fsp3) is 0.462. The third kappa shape index (κ3) is 3.84. The molecule has 0 aliphatic carbocycles. The van der Waals surface area contributed by atoms with Gasteiger partial charge in [-0.1, -0.05) is 0 Å². The van der Waals surface area contributed by atoms with E-state index in [0.29, 0.717) is 38.3 Å². The topological polar surface area (TPSA) is 62.7 Å². The minimum Gasteiger partial charge on any atom is -0.450 e. The molecular weight excluding hydrogens is 282 g/mol. The molecule has 1 saturated heterocycles. The van der Waals surface area contributed by atoms with Gasteiger partial charge in [-0.25, -0.2) is 4.79 Å². The molecular formula is C13H18ClN3O3. The van der Waals surface area contributed by atoms with Crippen LogP contribution in [0.1, 0.15) is 17.3 Å². The lowest BCUT2D eigenvalue weighted by atomic mass is 10.2. The molecule has 20 heavy (non-hydrogen) atoms. The van der Waals surface area contributed by atoms with Crippen LogP contribution in [0.2, 0.25) is 0 Å². The van der Waals surface area contributed by atoms with Crippen molar-refractivity contribution in [3.05, 3.63) is 30.1 Å². The van der Waals surface area contributed by atoms with E-state index in [4.69, 9.17) is 4.74 Å². The van der Waals surface area contributed by atoms with E-state index in [0.717, 1.165) is 0 Å². The van der Waals surface area contributed by atoms with Gasteiger partial charge in [0.1, 0.15) is 0 Å². The Labute approximate surface area is 124 Å². The molecule has 1 aliphatic heterocycles. The number of hydrogen-bond donors (Lipinski definition) is 0. The van der Waals surface area contributed by atoms with Gasteiger partial charge in [0.05, 0.1) is 6.61 Å². The molecule has 0 bridgehead atoms. The summed E-state index contributed by atoms with van der Waals surface area (Å²) in [6, 6.07) is 3.39. The van der Waals surface area contributed by atoms with Crippen LogP contribution in [0.15, 0.2) is 24.5 Å². The van der Waals surface area contributed by atoms with Gasteiger partial charge in [0, 0.05) is 44.1 Å². The third-order valence-corrected chi connectivity index (χ3v) is 3.02. The van der Waals surface area contributed by atoms with Crippen molar-refractivity contribution in [3.63, 3.8) is 0 Å². The van der Waals surface area contributed by atoms with Gasteiger partial charge in [-0.3, -0.25) is 9.78 Å². The van der Waals surface area contributed by atoms with Crippen LogP contribution in [-0.4, -0.2) is 59.6 Å². The van der Waals surface area contributed by atoms with E-state index in [1.165, 1.54) is 0 Å². The number of hydrogen-bond acceptors (Lipinski definition) is 4. The summed E-state index contributed by atoms with van der Waals surface area (Å²) in [5.74, 6) is -0.0223. The van der Waals surface area contributed by atoms with Gasteiger partial charge in [0.15, 0.2) is 0 Å². The molecule has 2 rings (SSSR count). The fourth-order valence-electron chi connectivity index (χ4n) is 1.98. The Bertz CT molecular complexity index is 447. The summed E-state index contributed by atoms with van der Waals surface area (Å²) in [6.07, 6.45) is 2.89. The van der Waals surface area contributed by atoms with E-state index in [2.05, 4.69) is 4.98 Å². The van der Waals surface area contributed by atoms with Crippen LogP contribution < -0.4 is 0 Å². The number of rotatable bonds is 2. The maximum Gasteiger partial charge on any atom is 0.409 e. The SMILES string of the molecule is CCOC(=O)N1CCN(C(=O)c2ccncc2)CC1.Cl. The van der Waals surface area contributed by atoms with Crippen LogP contribution in [0.3, 0.4) is 0 Å². The van der Waals surface area contributed by atoms with Gasteiger partial charge in [-0.15, -0.1) is 12.4 Å². The highest BCUT2D eigenvalue weighted by atomic mass is 35.5. The minimum absolute atomic E-state index is 0.